The maximum absolute atomic E-state index is 12.4. The second kappa shape index (κ2) is 8.63. The van der Waals surface area contributed by atoms with Crippen molar-refractivity contribution in [2.45, 2.75) is 5.25 Å². The number of para-hydroxylation sites is 1. The number of esters is 1. The van der Waals surface area contributed by atoms with Gasteiger partial charge in [-0.1, -0.05) is 12.1 Å². The molecule has 1 aliphatic rings. The first kappa shape index (κ1) is 18.2. The molecule has 0 radical (unpaired) electrons. The number of rotatable bonds is 5. The number of hydrogen-bond acceptors (Lipinski definition) is 6. The molecular weight excluding hydrogens is 330 g/mol. The zero-order chi connectivity index (χ0) is 17.5. The lowest BCUT2D eigenvalue weighted by Crippen LogP contribution is -2.44. The molecule has 7 heteroatoms. The van der Waals surface area contributed by atoms with Gasteiger partial charge in [-0.15, -0.1) is 11.8 Å². The molecule has 6 nitrogen and oxygen atoms in total. The van der Waals surface area contributed by atoms with Crippen LogP contribution in [0.3, 0.4) is 0 Å². The van der Waals surface area contributed by atoms with Crippen molar-refractivity contribution in [1.29, 1.82) is 0 Å². The summed E-state index contributed by atoms with van der Waals surface area (Å²) >= 11 is 1.51. The summed E-state index contributed by atoms with van der Waals surface area (Å²) in [6, 6.07) is 5.46. The predicted octanol–water partition coefficient (Wildman–Crippen LogP) is 1.83. The molecule has 24 heavy (non-hydrogen) atoms. The molecule has 0 saturated carbocycles. The molecule has 0 spiro atoms. The minimum absolute atomic E-state index is 0.144. The Morgan fingerprint density at radius 3 is 2.71 bits per heavy atom. The summed E-state index contributed by atoms with van der Waals surface area (Å²) in [6.07, 6.45) is 3.18. The van der Waals surface area contributed by atoms with Gasteiger partial charge in [0.15, 0.2) is 11.5 Å². The van der Waals surface area contributed by atoms with Crippen molar-refractivity contribution in [2.75, 3.05) is 40.2 Å². The van der Waals surface area contributed by atoms with E-state index in [1.54, 1.807) is 31.3 Å². The molecule has 1 amide bonds. The van der Waals surface area contributed by atoms with E-state index in [2.05, 4.69) is 0 Å². The van der Waals surface area contributed by atoms with Crippen LogP contribution in [0.1, 0.15) is 5.56 Å². The largest absolute Gasteiger partial charge is 0.493 e. The van der Waals surface area contributed by atoms with Gasteiger partial charge in [0.25, 0.3) is 0 Å². The third-order valence-electron chi connectivity index (χ3n) is 3.68. The fourth-order valence-corrected chi connectivity index (χ4v) is 3.56. The first-order chi connectivity index (χ1) is 11.6. The van der Waals surface area contributed by atoms with E-state index >= 15 is 0 Å². The number of carbonyl (C=O) groups is 2. The van der Waals surface area contributed by atoms with Gasteiger partial charge in [-0.2, -0.15) is 0 Å². The van der Waals surface area contributed by atoms with E-state index in [1.807, 2.05) is 12.1 Å². The second-order valence-corrected chi connectivity index (χ2v) is 6.39. The van der Waals surface area contributed by atoms with E-state index in [0.29, 0.717) is 30.3 Å². The highest BCUT2D eigenvalue weighted by molar-refractivity contribution is 8.00. The van der Waals surface area contributed by atoms with Gasteiger partial charge in [-0.3, -0.25) is 9.59 Å². The average Bonchev–Trinajstić information content (AvgIpc) is 2.64. The number of methoxy groups -OCH3 is 3. The highest BCUT2D eigenvalue weighted by Gasteiger charge is 2.28. The molecule has 0 unspecified atom stereocenters. The molecule has 1 aliphatic heterocycles. The van der Waals surface area contributed by atoms with Crippen molar-refractivity contribution < 1.29 is 23.8 Å². The SMILES string of the molecule is COC(=O)[C@@H]1CN(C(=O)/C=C/c2cccc(OC)c2OC)CCS1. The topological polar surface area (TPSA) is 65.1 Å². The second-order valence-electron chi connectivity index (χ2n) is 5.08. The maximum Gasteiger partial charge on any atom is 0.320 e. The lowest BCUT2D eigenvalue weighted by molar-refractivity contribution is -0.140. The van der Waals surface area contributed by atoms with E-state index in [9.17, 15) is 9.59 Å². The fraction of sp³-hybridized carbons (Fsp3) is 0.412. The minimum atomic E-state index is -0.326. The Balaban J connectivity index is 2.09. The molecule has 1 heterocycles. The Morgan fingerprint density at radius 1 is 1.25 bits per heavy atom. The van der Waals surface area contributed by atoms with Gasteiger partial charge < -0.3 is 19.1 Å². The van der Waals surface area contributed by atoms with E-state index in [1.165, 1.54) is 24.9 Å². The first-order valence-corrected chi connectivity index (χ1v) is 8.53. The van der Waals surface area contributed by atoms with Crippen LogP contribution in [0.15, 0.2) is 24.3 Å². The minimum Gasteiger partial charge on any atom is -0.493 e. The number of carbonyl (C=O) groups excluding carboxylic acids is 2. The standard InChI is InChI=1S/C17H21NO5S/c1-21-13-6-4-5-12(16(13)22-2)7-8-15(19)18-9-10-24-14(11-18)17(20)23-3/h4-8,14H,9-11H2,1-3H3/b8-7+/t14-/m0/s1. The number of thioether (sulfide) groups is 1. The Hall–Kier alpha value is -2.15. The number of hydrogen-bond donors (Lipinski definition) is 0. The van der Waals surface area contributed by atoms with Gasteiger partial charge in [-0.05, 0) is 12.1 Å². The summed E-state index contributed by atoms with van der Waals surface area (Å²) in [4.78, 5) is 25.7. The highest BCUT2D eigenvalue weighted by atomic mass is 32.2. The maximum atomic E-state index is 12.4. The van der Waals surface area contributed by atoms with Gasteiger partial charge in [0, 0.05) is 30.5 Å². The van der Waals surface area contributed by atoms with E-state index < -0.39 is 0 Å². The summed E-state index contributed by atoms with van der Waals surface area (Å²) < 4.78 is 15.3. The zero-order valence-corrected chi connectivity index (χ0v) is 14.8. The van der Waals surface area contributed by atoms with Crippen molar-refractivity contribution >= 4 is 29.7 Å². The molecule has 0 N–H and O–H groups in total. The summed E-state index contributed by atoms with van der Waals surface area (Å²) in [5.74, 6) is 1.45. The molecule has 1 saturated heterocycles. The quantitative estimate of drug-likeness (QED) is 0.596. The third kappa shape index (κ3) is 4.23. The number of nitrogens with zero attached hydrogens (tertiary/aromatic N) is 1. The fourth-order valence-electron chi connectivity index (χ4n) is 2.43. The van der Waals surface area contributed by atoms with Crippen LogP contribution in [0, 0.1) is 0 Å². The van der Waals surface area contributed by atoms with Crippen LogP contribution in [0.5, 0.6) is 11.5 Å². The monoisotopic (exact) mass is 351 g/mol. The Morgan fingerprint density at radius 2 is 2.04 bits per heavy atom. The van der Waals surface area contributed by atoms with E-state index in [-0.39, 0.29) is 17.1 Å². The van der Waals surface area contributed by atoms with Crippen molar-refractivity contribution in [2.24, 2.45) is 0 Å². The number of amides is 1. The van der Waals surface area contributed by atoms with Crippen molar-refractivity contribution in [1.82, 2.24) is 4.90 Å². The summed E-state index contributed by atoms with van der Waals surface area (Å²) in [6.45, 7) is 0.965. The molecule has 0 aliphatic carbocycles. The average molecular weight is 351 g/mol. The van der Waals surface area contributed by atoms with Gasteiger partial charge in [0.05, 0.1) is 21.3 Å². The van der Waals surface area contributed by atoms with Crippen molar-refractivity contribution in [3.05, 3.63) is 29.8 Å². The van der Waals surface area contributed by atoms with Crippen molar-refractivity contribution in [3.8, 4) is 11.5 Å². The molecule has 1 aromatic rings. The molecule has 0 bridgehead atoms. The van der Waals surface area contributed by atoms with Crippen LogP contribution in [0.4, 0.5) is 0 Å². The highest BCUT2D eigenvalue weighted by Crippen LogP contribution is 2.31. The molecule has 2 rings (SSSR count). The van der Waals surface area contributed by atoms with Crippen LogP contribution in [0.2, 0.25) is 0 Å². The molecular formula is C17H21NO5S. The summed E-state index contributed by atoms with van der Waals surface area (Å²) in [5.41, 5.74) is 0.751. The summed E-state index contributed by atoms with van der Waals surface area (Å²) in [7, 11) is 4.48. The van der Waals surface area contributed by atoms with Crippen LogP contribution in [0.25, 0.3) is 6.08 Å². The van der Waals surface area contributed by atoms with Crippen LogP contribution < -0.4 is 9.47 Å². The predicted molar refractivity (Wildman–Crippen MR) is 93.4 cm³/mol. The van der Waals surface area contributed by atoms with Gasteiger partial charge in [0.2, 0.25) is 5.91 Å². The van der Waals surface area contributed by atoms with E-state index in [0.717, 1.165) is 5.56 Å². The number of benzene rings is 1. The summed E-state index contributed by atoms with van der Waals surface area (Å²) in [5, 5.41) is -0.326. The van der Waals surface area contributed by atoms with Gasteiger partial charge in [0.1, 0.15) is 5.25 Å². The third-order valence-corrected chi connectivity index (χ3v) is 4.84. The zero-order valence-electron chi connectivity index (χ0n) is 14.0. The molecule has 1 aromatic carbocycles. The lowest BCUT2D eigenvalue weighted by atomic mass is 10.1. The van der Waals surface area contributed by atoms with Crippen LogP contribution in [-0.4, -0.2) is 62.2 Å². The smallest absolute Gasteiger partial charge is 0.320 e. The van der Waals surface area contributed by atoms with Crippen LogP contribution >= 0.6 is 11.8 Å². The van der Waals surface area contributed by atoms with Gasteiger partial charge in [-0.25, -0.2) is 0 Å². The molecule has 1 fully saturated rings. The molecule has 1 atom stereocenters. The van der Waals surface area contributed by atoms with E-state index in [4.69, 9.17) is 14.2 Å². The molecule has 130 valence electrons. The Bertz CT molecular complexity index is 631. The molecule has 0 aromatic heterocycles. The Kier molecular flexibility index (Phi) is 6.54. The van der Waals surface area contributed by atoms with Crippen LogP contribution in [-0.2, 0) is 14.3 Å². The Labute approximate surface area is 145 Å². The first-order valence-electron chi connectivity index (χ1n) is 7.48. The van der Waals surface area contributed by atoms with Gasteiger partial charge >= 0.3 is 5.97 Å². The van der Waals surface area contributed by atoms with Crippen molar-refractivity contribution in [3.63, 3.8) is 0 Å². The lowest BCUT2D eigenvalue weighted by Gasteiger charge is -2.30. The number of ether oxygens (including phenoxy) is 3. The normalized spacial score (nSPS) is 17.6.